The summed E-state index contributed by atoms with van der Waals surface area (Å²) in [5.74, 6) is -0.345. The molecule has 2 heterocycles. The van der Waals surface area contributed by atoms with E-state index in [1.54, 1.807) is 4.90 Å². The molecule has 0 aromatic rings. The Kier molecular flexibility index (Phi) is 4.24. The fourth-order valence-corrected chi connectivity index (χ4v) is 3.63. The number of imide groups is 1. The third-order valence-electron chi connectivity index (χ3n) is 4.85. The van der Waals surface area contributed by atoms with Gasteiger partial charge in [-0.3, -0.25) is 19.3 Å². The Labute approximate surface area is 124 Å². The van der Waals surface area contributed by atoms with Crippen molar-refractivity contribution >= 4 is 17.7 Å². The molecule has 0 N–H and O–H groups in total. The van der Waals surface area contributed by atoms with Gasteiger partial charge in [0.25, 0.3) is 0 Å². The van der Waals surface area contributed by atoms with Gasteiger partial charge in [-0.1, -0.05) is 12.8 Å². The lowest BCUT2D eigenvalue weighted by Crippen LogP contribution is -2.42. The average molecular weight is 294 g/mol. The summed E-state index contributed by atoms with van der Waals surface area (Å²) in [5.41, 5.74) is 0. The number of fused-ring (bicyclic) bond motifs is 1. The van der Waals surface area contributed by atoms with Crippen molar-refractivity contribution in [1.29, 1.82) is 0 Å². The Morgan fingerprint density at radius 3 is 2.19 bits per heavy atom. The van der Waals surface area contributed by atoms with Crippen molar-refractivity contribution in [3.8, 4) is 0 Å². The second-order valence-electron chi connectivity index (χ2n) is 6.07. The highest BCUT2D eigenvalue weighted by molar-refractivity contribution is 6.05. The molecular formula is C15H22N2O4. The lowest BCUT2D eigenvalue weighted by molar-refractivity contribution is -0.141. The third-order valence-corrected chi connectivity index (χ3v) is 4.85. The average Bonchev–Trinajstić information content (AvgIpc) is 2.78. The Balaban J connectivity index is 1.56. The van der Waals surface area contributed by atoms with Crippen molar-refractivity contribution in [2.45, 2.75) is 32.1 Å². The molecule has 21 heavy (non-hydrogen) atoms. The summed E-state index contributed by atoms with van der Waals surface area (Å²) in [5, 5.41) is 0. The number of morpholine rings is 1. The first-order chi connectivity index (χ1) is 10.2. The van der Waals surface area contributed by atoms with Crippen LogP contribution in [0.25, 0.3) is 0 Å². The van der Waals surface area contributed by atoms with Crippen molar-refractivity contribution < 1.29 is 19.1 Å². The maximum absolute atomic E-state index is 12.3. The number of nitrogens with zero attached hydrogens (tertiary/aromatic N) is 2. The van der Waals surface area contributed by atoms with Crippen molar-refractivity contribution in [2.24, 2.45) is 11.8 Å². The summed E-state index contributed by atoms with van der Waals surface area (Å²) in [6.07, 6.45) is 3.94. The van der Waals surface area contributed by atoms with Gasteiger partial charge >= 0.3 is 0 Å². The second kappa shape index (κ2) is 6.13. The summed E-state index contributed by atoms with van der Waals surface area (Å²) >= 11 is 0. The number of likely N-dealkylation sites (tertiary alicyclic amines) is 1. The molecule has 0 radical (unpaired) electrons. The highest BCUT2D eigenvalue weighted by Gasteiger charge is 2.47. The standard InChI is InChI=1S/C15H22N2O4/c18-13(16-7-9-21-10-8-16)5-6-17-14(19)11-3-1-2-4-12(11)15(17)20/h11-12H,1-10H2. The summed E-state index contributed by atoms with van der Waals surface area (Å²) in [6.45, 7) is 2.58. The quantitative estimate of drug-likeness (QED) is 0.707. The molecule has 3 amide bonds. The third kappa shape index (κ3) is 2.81. The van der Waals surface area contributed by atoms with Gasteiger partial charge in [-0.15, -0.1) is 0 Å². The van der Waals surface area contributed by atoms with Crippen LogP contribution in [0.4, 0.5) is 0 Å². The number of amides is 3. The first kappa shape index (κ1) is 14.5. The van der Waals surface area contributed by atoms with Crippen LogP contribution in [0, 0.1) is 11.8 Å². The molecule has 1 aliphatic carbocycles. The topological polar surface area (TPSA) is 66.9 Å². The largest absolute Gasteiger partial charge is 0.378 e. The number of hydrogen-bond donors (Lipinski definition) is 0. The van der Waals surface area contributed by atoms with Gasteiger partial charge in [0.1, 0.15) is 0 Å². The molecule has 2 aliphatic heterocycles. The molecular weight excluding hydrogens is 272 g/mol. The van der Waals surface area contributed by atoms with E-state index in [4.69, 9.17) is 4.74 Å². The normalized spacial score (nSPS) is 29.7. The Hall–Kier alpha value is -1.43. The Morgan fingerprint density at radius 2 is 1.62 bits per heavy atom. The summed E-state index contributed by atoms with van der Waals surface area (Å²) in [7, 11) is 0. The Morgan fingerprint density at radius 1 is 1.05 bits per heavy atom. The van der Waals surface area contributed by atoms with Crippen LogP contribution in [0.1, 0.15) is 32.1 Å². The van der Waals surface area contributed by atoms with Crippen LogP contribution in [0.15, 0.2) is 0 Å². The van der Waals surface area contributed by atoms with E-state index in [-0.39, 0.29) is 42.5 Å². The summed E-state index contributed by atoms with van der Waals surface area (Å²) in [4.78, 5) is 39.8. The molecule has 0 spiro atoms. The molecule has 0 bridgehead atoms. The summed E-state index contributed by atoms with van der Waals surface area (Å²) in [6, 6.07) is 0. The van der Waals surface area contributed by atoms with E-state index in [1.165, 1.54) is 4.90 Å². The lowest BCUT2D eigenvalue weighted by atomic mass is 9.81. The maximum atomic E-state index is 12.3. The zero-order chi connectivity index (χ0) is 14.8. The van der Waals surface area contributed by atoms with Gasteiger partial charge in [0.05, 0.1) is 25.0 Å². The molecule has 1 saturated carbocycles. The zero-order valence-electron chi connectivity index (χ0n) is 12.3. The van der Waals surface area contributed by atoms with E-state index in [2.05, 4.69) is 0 Å². The van der Waals surface area contributed by atoms with Crippen LogP contribution in [0.2, 0.25) is 0 Å². The van der Waals surface area contributed by atoms with E-state index in [0.717, 1.165) is 25.7 Å². The minimum absolute atomic E-state index is 0.00812. The molecule has 3 rings (SSSR count). The zero-order valence-corrected chi connectivity index (χ0v) is 12.3. The highest BCUT2D eigenvalue weighted by atomic mass is 16.5. The minimum Gasteiger partial charge on any atom is -0.378 e. The SMILES string of the molecule is O=C(CCN1C(=O)C2CCCCC2C1=O)N1CCOCC1. The molecule has 0 aromatic carbocycles. The van der Waals surface area contributed by atoms with Crippen LogP contribution in [-0.4, -0.2) is 60.4 Å². The maximum Gasteiger partial charge on any atom is 0.233 e. The first-order valence-corrected chi connectivity index (χ1v) is 7.89. The predicted octanol–water partition coefficient (Wildman–Crippen LogP) is 0.410. The molecule has 3 fully saturated rings. The van der Waals surface area contributed by atoms with Crippen LogP contribution >= 0.6 is 0 Å². The molecule has 6 heteroatoms. The highest BCUT2D eigenvalue weighted by Crippen LogP contribution is 2.37. The number of hydrogen-bond acceptors (Lipinski definition) is 4. The van der Waals surface area contributed by atoms with E-state index < -0.39 is 0 Å². The van der Waals surface area contributed by atoms with Gasteiger partial charge in [0.15, 0.2) is 0 Å². The fraction of sp³-hybridized carbons (Fsp3) is 0.800. The number of carbonyl (C=O) groups excluding carboxylic acids is 3. The van der Waals surface area contributed by atoms with Gasteiger partial charge in [-0.2, -0.15) is 0 Å². The molecule has 6 nitrogen and oxygen atoms in total. The minimum atomic E-state index is -0.121. The monoisotopic (exact) mass is 294 g/mol. The predicted molar refractivity (Wildman–Crippen MR) is 74.2 cm³/mol. The number of rotatable bonds is 3. The van der Waals surface area contributed by atoms with Crippen molar-refractivity contribution in [3.63, 3.8) is 0 Å². The van der Waals surface area contributed by atoms with Crippen molar-refractivity contribution in [2.75, 3.05) is 32.8 Å². The van der Waals surface area contributed by atoms with Gasteiger partial charge in [-0.25, -0.2) is 0 Å². The molecule has 0 aromatic heterocycles. The van der Waals surface area contributed by atoms with E-state index in [9.17, 15) is 14.4 Å². The smallest absolute Gasteiger partial charge is 0.233 e. The van der Waals surface area contributed by atoms with Crippen LogP contribution in [-0.2, 0) is 19.1 Å². The van der Waals surface area contributed by atoms with Crippen LogP contribution in [0.5, 0.6) is 0 Å². The molecule has 2 unspecified atom stereocenters. The fourth-order valence-electron chi connectivity index (χ4n) is 3.63. The molecule has 2 atom stereocenters. The van der Waals surface area contributed by atoms with Gasteiger partial charge in [-0.05, 0) is 12.8 Å². The van der Waals surface area contributed by atoms with Crippen LogP contribution in [0.3, 0.4) is 0 Å². The van der Waals surface area contributed by atoms with Gasteiger partial charge < -0.3 is 9.64 Å². The first-order valence-electron chi connectivity index (χ1n) is 7.89. The number of ether oxygens (including phenoxy) is 1. The molecule has 3 aliphatic rings. The van der Waals surface area contributed by atoms with Gasteiger partial charge in [0, 0.05) is 26.1 Å². The second-order valence-corrected chi connectivity index (χ2v) is 6.07. The van der Waals surface area contributed by atoms with E-state index in [0.29, 0.717) is 26.3 Å². The lowest BCUT2D eigenvalue weighted by Gasteiger charge is -2.27. The molecule has 2 saturated heterocycles. The van der Waals surface area contributed by atoms with E-state index >= 15 is 0 Å². The van der Waals surface area contributed by atoms with Crippen LogP contribution < -0.4 is 0 Å². The summed E-state index contributed by atoms with van der Waals surface area (Å²) < 4.78 is 5.21. The van der Waals surface area contributed by atoms with Gasteiger partial charge in [0.2, 0.25) is 17.7 Å². The molecule has 116 valence electrons. The van der Waals surface area contributed by atoms with Crippen molar-refractivity contribution in [1.82, 2.24) is 9.80 Å². The van der Waals surface area contributed by atoms with E-state index in [1.807, 2.05) is 0 Å². The Bertz CT molecular complexity index is 421. The van der Waals surface area contributed by atoms with Crippen molar-refractivity contribution in [3.05, 3.63) is 0 Å². The number of carbonyl (C=O) groups is 3.